The van der Waals surface area contributed by atoms with Gasteiger partial charge in [0, 0.05) is 32.9 Å². The highest BCUT2D eigenvalue weighted by molar-refractivity contribution is 5.34. The van der Waals surface area contributed by atoms with Crippen LogP contribution >= 0.6 is 0 Å². The molecule has 1 saturated carbocycles. The third-order valence-corrected chi connectivity index (χ3v) is 3.24. The van der Waals surface area contributed by atoms with Crippen molar-refractivity contribution in [3.05, 3.63) is 18.1 Å². The van der Waals surface area contributed by atoms with Crippen LogP contribution in [0, 0.1) is 5.92 Å². The highest BCUT2D eigenvalue weighted by Gasteiger charge is 2.20. The van der Waals surface area contributed by atoms with E-state index in [2.05, 4.69) is 27.1 Å². The Hall–Kier alpha value is -1.20. The number of likely N-dealkylation sites (N-methyl/N-ethyl adjacent to an activating group) is 1. The number of rotatable bonds is 9. The Morgan fingerprint density at radius 1 is 1.42 bits per heavy atom. The minimum atomic E-state index is 0.756. The van der Waals surface area contributed by atoms with Crippen LogP contribution in [0.5, 0.6) is 0 Å². The minimum Gasteiger partial charge on any atom is -0.379 e. The van der Waals surface area contributed by atoms with Gasteiger partial charge >= 0.3 is 0 Å². The summed E-state index contributed by atoms with van der Waals surface area (Å²) in [5, 5.41) is 3.26. The van der Waals surface area contributed by atoms with Crippen LogP contribution in [0.15, 0.2) is 12.4 Å². The van der Waals surface area contributed by atoms with Crippen LogP contribution in [0.25, 0.3) is 0 Å². The summed E-state index contributed by atoms with van der Waals surface area (Å²) in [7, 11) is 2.03. The number of ether oxygens (including phenoxy) is 1. The van der Waals surface area contributed by atoms with E-state index in [-0.39, 0.29) is 0 Å². The first-order chi connectivity index (χ1) is 9.29. The summed E-state index contributed by atoms with van der Waals surface area (Å²) in [6.45, 7) is 6.32. The molecule has 0 bridgehead atoms. The number of anilines is 1. The van der Waals surface area contributed by atoms with Gasteiger partial charge in [0.05, 0.1) is 18.5 Å². The smallest absolute Gasteiger partial charge is 0.147 e. The van der Waals surface area contributed by atoms with Crippen molar-refractivity contribution in [1.29, 1.82) is 0 Å². The van der Waals surface area contributed by atoms with Gasteiger partial charge in [-0.1, -0.05) is 6.92 Å². The van der Waals surface area contributed by atoms with Gasteiger partial charge in [0.25, 0.3) is 0 Å². The van der Waals surface area contributed by atoms with Crippen LogP contribution in [0.3, 0.4) is 0 Å². The van der Waals surface area contributed by atoms with Crippen LogP contribution in [-0.4, -0.2) is 43.3 Å². The maximum absolute atomic E-state index is 5.64. The molecule has 5 nitrogen and oxygen atoms in total. The van der Waals surface area contributed by atoms with E-state index in [9.17, 15) is 0 Å². The molecule has 1 aliphatic rings. The zero-order valence-corrected chi connectivity index (χ0v) is 11.9. The van der Waals surface area contributed by atoms with Gasteiger partial charge in [-0.3, -0.25) is 4.98 Å². The van der Waals surface area contributed by atoms with Crippen molar-refractivity contribution < 1.29 is 4.74 Å². The van der Waals surface area contributed by atoms with Gasteiger partial charge in [0.15, 0.2) is 0 Å². The topological polar surface area (TPSA) is 50.3 Å². The molecule has 1 N–H and O–H groups in total. The molecule has 0 spiro atoms. The van der Waals surface area contributed by atoms with Crippen LogP contribution in [-0.2, 0) is 11.3 Å². The second-order valence-electron chi connectivity index (χ2n) is 5.09. The molecule has 0 aliphatic heterocycles. The first-order valence-corrected chi connectivity index (χ1v) is 7.10. The molecule has 1 aromatic heterocycles. The van der Waals surface area contributed by atoms with E-state index in [4.69, 9.17) is 4.74 Å². The molecule has 1 aromatic rings. The van der Waals surface area contributed by atoms with Crippen LogP contribution in [0.4, 0.5) is 5.82 Å². The SMILES string of the molecule is CCNCc1cncc(N(C)CCOCC2CC2)n1. The summed E-state index contributed by atoms with van der Waals surface area (Å²) in [6.07, 6.45) is 6.29. The Bertz CT molecular complexity index is 381. The van der Waals surface area contributed by atoms with Gasteiger partial charge in [-0.15, -0.1) is 0 Å². The number of aromatic nitrogens is 2. The van der Waals surface area contributed by atoms with Crippen molar-refractivity contribution in [2.24, 2.45) is 5.92 Å². The van der Waals surface area contributed by atoms with Crippen LogP contribution in [0.2, 0.25) is 0 Å². The van der Waals surface area contributed by atoms with Gasteiger partial charge in [0.1, 0.15) is 5.82 Å². The molecule has 0 saturated heterocycles. The lowest BCUT2D eigenvalue weighted by molar-refractivity contribution is 0.130. The molecule has 0 aromatic carbocycles. The van der Waals surface area contributed by atoms with E-state index in [0.717, 1.165) is 50.3 Å². The number of hydrogen-bond acceptors (Lipinski definition) is 5. The molecule has 19 heavy (non-hydrogen) atoms. The zero-order valence-electron chi connectivity index (χ0n) is 11.9. The van der Waals surface area contributed by atoms with Gasteiger partial charge in [-0.2, -0.15) is 0 Å². The summed E-state index contributed by atoms with van der Waals surface area (Å²) < 4.78 is 5.64. The molecular weight excluding hydrogens is 240 g/mol. The lowest BCUT2D eigenvalue weighted by Gasteiger charge is -2.18. The molecule has 5 heteroatoms. The quantitative estimate of drug-likeness (QED) is 0.684. The van der Waals surface area contributed by atoms with Crippen molar-refractivity contribution in [3.8, 4) is 0 Å². The largest absolute Gasteiger partial charge is 0.379 e. The van der Waals surface area contributed by atoms with Gasteiger partial charge in [0.2, 0.25) is 0 Å². The molecule has 1 aliphatic carbocycles. The fourth-order valence-corrected chi connectivity index (χ4v) is 1.77. The van der Waals surface area contributed by atoms with E-state index in [1.54, 1.807) is 6.20 Å². The second kappa shape index (κ2) is 7.40. The Labute approximate surface area is 115 Å². The monoisotopic (exact) mass is 264 g/mol. The molecule has 0 radical (unpaired) electrons. The number of nitrogens with one attached hydrogen (secondary N) is 1. The van der Waals surface area contributed by atoms with E-state index in [1.807, 2.05) is 13.2 Å². The third-order valence-electron chi connectivity index (χ3n) is 3.24. The lowest BCUT2D eigenvalue weighted by atomic mass is 10.4. The van der Waals surface area contributed by atoms with Crippen molar-refractivity contribution in [3.63, 3.8) is 0 Å². The van der Waals surface area contributed by atoms with Crippen LogP contribution < -0.4 is 10.2 Å². The molecule has 2 rings (SSSR count). The normalized spacial score (nSPS) is 14.6. The Balaban J connectivity index is 1.74. The van der Waals surface area contributed by atoms with Crippen molar-refractivity contribution in [1.82, 2.24) is 15.3 Å². The minimum absolute atomic E-state index is 0.756. The van der Waals surface area contributed by atoms with E-state index in [1.165, 1.54) is 12.8 Å². The molecule has 1 heterocycles. The highest BCUT2D eigenvalue weighted by Crippen LogP contribution is 2.28. The first-order valence-electron chi connectivity index (χ1n) is 7.10. The average Bonchev–Trinajstić information content (AvgIpc) is 3.25. The average molecular weight is 264 g/mol. The maximum Gasteiger partial charge on any atom is 0.147 e. The second-order valence-corrected chi connectivity index (χ2v) is 5.09. The molecule has 0 amide bonds. The third kappa shape index (κ3) is 5.12. The highest BCUT2D eigenvalue weighted by atomic mass is 16.5. The van der Waals surface area contributed by atoms with E-state index in [0.29, 0.717) is 0 Å². The Kier molecular flexibility index (Phi) is 5.54. The predicted octanol–water partition coefficient (Wildman–Crippen LogP) is 1.45. The van der Waals surface area contributed by atoms with Crippen molar-refractivity contribution in [2.45, 2.75) is 26.3 Å². The standard InChI is InChI=1S/C14H24N4O/c1-3-15-8-13-9-16-10-14(17-13)18(2)6-7-19-11-12-4-5-12/h9-10,12,15H,3-8,11H2,1-2H3. The Morgan fingerprint density at radius 3 is 3.00 bits per heavy atom. The summed E-state index contributed by atoms with van der Waals surface area (Å²) in [4.78, 5) is 10.9. The summed E-state index contributed by atoms with van der Waals surface area (Å²) in [5.74, 6) is 1.74. The van der Waals surface area contributed by atoms with E-state index < -0.39 is 0 Å². The van der Waals surface area contributed by atoms with Crippen molar-refractivity contribution in [2.75, 3.05) is 38.3 Å². The molecule has 1 fully saturated rings. The van der Waals surface area contributed by atoms with Gasteiger partial charge < -0.3 is 15.0 Å². The lowest BCUT2D eigenvalue weighted by Crippen LogP contribution is -2.24. The fraction of sp³-hybridized carbons (Fsp3) is 0.714. The van der Waals surface area contributed by atoms with Gasteiger partial charge in [-0.25, -0.2) is 4.98 Å². The fourth-order valence-electron chi connectivity index (χ4n) is 1.77. The zero-order chi connectivity index (χ0) is 13.5. The first kappa shape index (κ1) is 14.2. The number of nitrogens with zero attached hydrogens (tertiary/aromatic N) is 3. The summed E-state index contributed by atoms with van der Waals surface area (Å²) in [5.41, 5.74) is 0.977. The molecule has 106 valence electrons. The van der Waals surface area contributed by atoms with Crippen molar-refractivity contribution >= 4 is 5.82 Å². The molecule has 0 atom stereocenters. The van der Waals surface area contributed by atoms with Gasteiger partial charge in [-0.05, 0) is 25.3 Å². The van der Waals surface area contributed by atoms with Crippen LogP contribution in [0.1, 0.15) is 25.5 Å². The van der Waals surface area contributed by atoms with E-state index >= 15 is 0 Å². The number of hydrogen-bond donors (Lipinski definition) is 1. The summed E-state index contributed by atoms with van der Waals surface area (Å²) >= 11 is 0. The maximum atomic E-state index is 5.64. The summed E-state index contributed by atoms with van der Waals surface area (Å²) in [6, 6.07) is 0. The molecular formula is C14H24N4O. The Morgan fingerprint density at radius 2 is 2.26 bits per heavy atom. The molecule has 0 unspecified atom stereocenters. The predicted molar refractivity (Wildman–Crippen MR) is 76.2 cm³/mol.